The van der Waals surface area contributed by atoms with Crippen LogP contribution in [-0.2, 0) is 18.9 Å². The van der Waals surface area contributed by atoms with E-state index in [1.54, 1.807) is 34.1 Å². The third kappa shape index (κ3) is 10.5. The quantitative estimate of drug-likeness (QED) is 0.370. The number of carbonyl (C=O) groups is 3. The summed E-state index contributed by atoms with van der Waals surface area (Å²) in [4.78, 5) is 40.1. The van der Waals surface area contributed by atoms with Crippen LogP contribution in [0, 0.1) is 0 Å². The molecule has 5 rings (SSSR count). The minimum atomic E-state index is -0.631. The molecule has 0 aliphatic carbocycles. The van der Waals surface area contributed by atoms with Gasteiger partial charge in [0.05, 0.1) is 38.2 Å². The smallest absolute Gasteiger partial charge is 0.410 e. The lowest BCUT2D eigenvalue weighted by Crippen LogP contribution is -2.50. The Labute approximate surface area is 276 Å². The number of amides is 2. The number of nitrogen functional groups attached to an aromatic ring is 1. The number of ketones is 1. The first kappa shape index (κ1) is 35.4. The highest BCUT2D eigenvalue weighted by Gasteiger charge is 2.35. The highest BCUT2D eigenvalue weighted by atomic mass is 16.6. The van der Waals surface area contributed by atoms with Crippen LogP contribution in [0.5, 0.6) is 0 Å². The van der Waals surface area contributed by atoms with Gasteiger partial charge in [-0.25, -0.2) is 9.59 Å². The van der Waals surface area contributed by atoms with Crippen molar-refractivity contribution in [1.82, 2.24) is 19.6 Å². The fourth-order valence-electron chi connectivity index (χ4n) is 5.14. The molecule has 254 valence electrons. The highest BCUT2D eigenvalue weighted by Crippen LogP contribution is 2.27. The zero-order valence-electron chi connectivity index (χ0n) is 28.1. The minimum Gasteiger partial charge on any atom is -0.444 e. The van der Waals surface area contributed by atoms with Crippen LogP contribution in [0.3, 0.4) is 0 Å². The largest absolute Gasteiger partial charge is 0.444 e. The van der Waals surface area contributed by atoms with Crippen LogP contribution in [0.4, 0.5) is 15.3 Å². The molecule has 0 radical (unpaired) electrons. The number of nitrogens with two attached hydrogens (primary N) is 1. The number of carbonyl (C=O) groups excluding carboxylic acids is 3. The van der Waals surface area contributed by atoms with Gasteiger partial charge in [-0.3, -0.25) is 9.48 Å². The van der Waals surface area contributed by atoms with Crippen LogP contribution < -0.4 is 5.73 Å². The summed E-state index contributed by atoms with van der Waals surface area (Å²) >= 11 is 0. The van der Waals surface area contributed by atoms with E-state index < -0.39 is 23.4 Å². The van der Waals surface area contributed by atoms with Gasteiger partial charge in [0.2, 0.25) is 0 Å². The highest BCUT2D eigenvalue weighted by molar-refractivity contribution is 5.99. The molecule has 2 aromatic carbocycles. The molecule has 2 fully saturated rings. The predicted molar refractivity (Wildman–Crippen MR) is 177 cm³/mol. The summed E-state index contributed by atoms with van der Waals surface area (Å²) in [6.45, 7) is 13.4. The number of aromatic nitrogens is 2. The number of hydrogen-bond acceptors (Lipinski definition) is 9. The van der Waals surface area contributed by atoms with Gasteiger partial charge in [-0.15, -0.1) is 0 Å². The second-order valence-electron chi connectivity index (χ2n) is 13.5. The van der Waals surface area contributed by atoms with Crippen molar-refractivity contribution in [2.24, 2.45) is 0 Å². The fraction of sp³-hybridized carbons (Fsp3) is 0.486. The van der Waals surface area contributed by atoms with Crippen LogP contribution in [0.25, 0.3) is 0 Å². The summed E-state index contributed by atoms with van der Waals surface area (Å²) < 4.78 is 24.2. The molecule has 12 nitrogen and oxygen atoms in total. The Morgan fingerprint density at radius 1 is 0.809 bits per heavy atom. The maximum absolute atomic E-state index is 12.5. The van der Waals surface area contributed by atoms with Gasteiger partial charge in [0.25, 0.3) is 0 Å². The molecule has 2 amide bonds. The van der Waals surface area contributed by atoms with Crippen molar-refractivity contribution in [3.05, 3.63) is 84.2 Å². The third-order valence-electron chi connectivity index (χ3n) is 7.21. The Balaban J connectivity index is 0.000000218. The number of morpholine rings is 2. The predicted octanol–water partition coefficient (Wildman–Crippen LogP) is 5.20. The van der Waals surface area contributed by atoms with E-state index in [0.717, 1.165) is 5.56 Å². The molecule has 3 atom stereocenters. The van der Waals surface area contributed by atoms with Gasteiger partial charge in [-0.1, -0.05) is 60.7 Å². The van der Waals surface area contributed by atoms with Gasteiger partial charge in [0.15, 0.2) is 5.78 Å². The number of anilines is 1. The van der Waals surface area contributed by atoms with E-state index in [9.17, 15) is 14.4 Å². The summed E-state index contributed by atoms with van der Waals surface area (Å²) in [6.07, 6.45) is 1.79. The van der Waals surface area contributed by atoms with E-state index in [1.165, 1.54) is 4.90 Å². The molecule has 0 saturated carbocycles. The Hall–Kier alpha value is -4.42. The number of ether oxygens (including phenoxy) is 4. The van der Waals surface area contributed by atoms with Crippen LogP contribution in [0.15, 0.2) is 73.1 Å². The Kier molecular flexibility index (Phi) is 11.6. The van der Waals surface area contributed by atoms with Crippen LogP contribution in [0.1, 0.15) is 63.5 Å². The molecule has 12 heteroatoms. The lowest BCUT2D eigenvalue weighted by Gasteiger charge is -2.37. The van der Waals surface area contributed by atoms with Crippen molar-refractivity contribution in [2.45, 2.75) is 71.0 Å². The van der Waals surface area contributed by atoms with E-state index in [4.69, 9.17) is 24.7 Å². The van der Waals surface area contributed by atoms with E-state index in [-0.39, 0.29) is 30.6 Å². The average molecular weight is 650 g/mol. The summed E-state index contributed by atoms with van der Waals surface area (Å²) in [7, 11) is 0. The maximum atomic E-state index is 12.5. The van der Waals surface area contributed by atoms with Crippen LogP contribution in [-0.4, -0.2) is 100 Å². The van der Waals surface area contributed by atoms with E-state index in [2.05, 4.69) is 5.10 Å². The standard InChI is InChI=1S/C19H26N4O3.C16H21NO4/c1-19(2,3)26-18(24)22-9-10-25-16(13-22)17(14-7-5-4-6-8-14)23-12-15(20)11-21-23;1-16(2,3)21-15(19)17-9-10-20-13(11-17)14(18)12-7-5-4-6-8-12/h4-8,11-12,16-17H,9-10,13,20H2,1-3H3;4-8,13H,9-11H2,1-3H3/t16-,17?;13-/m00/s1. The first-order valence-corrected chi connectivity index (χ1v) is 15.8. The van der Waals surface area contributed by atoms with E-state index in [1.807, 2.05) is 90.1 Å². The molecule has 2 N–H and O–H groups in total. The van der Waals surface area contributed by atoms with Crippen molar-refractivity contribution in [3.63, 3.8) is 0 Å². The molecular formula is C35H47N5O7. The topological polar surface area (TPSA) is 138 Å². The SMILES string of the molecule is CC(C)(C)OC(=O)N1CCO[C@H](C(=O)c2ccccc2)C1.CC(C)(C)OC(=O)N1CCO[C@H](C(c2ccccc2)n2cc(N)cn2)C1. The van der Waals surface area contributed by atoms with Crippen LogP contribution >= 0.6 is 0 Å². The zero-order valence-corrected chi connectivity index (χ0v) is 28.1. The number of benzene rings is 2. The van der Waals surface area contributed by atoms with Gasteiger partial charge in [-0.2, -0.15) is 5.10 Å². The number of rotatable bonds is 5. The molecule has 2 saturated heterocycles. The fourth-order valence-corrected chi connectivity index (χ4v) is 5.14. The minimum absolute atomic E-state index is 0.108. The van der Waals surface area contributed by atoms with Gasteiger partial charge >= 0.3 is 12.2 Å². The van der Waals surface area contributed by atoms with E-state index in [0.29, 0.717) is 44.1 Å². The molecule has 1 aromatic heterocycles. The monoisotopic (exact) mass is 649 g/mol. The zero-order chi connectivity index (χ0) is 34.2. The third-order valence-corrected chi connectivity index (χ3v) is 7.21. The average Bonchev–Trinajstić information content (AvgIpc) is 3.46. The normalized spacial score (nSPS) is 19.2. The number of nitrogens with zero attached hydrogens (tertiary/aromatic N) is 4. The molecule has 3 heterocycles. The number of Topliss-reactive ketones (excluding diaryl/α,β-unsaturated/α-hetero) is 1. The van der Waals surface area contributed by atoms with Gasteiger partial charge in [0, 0.05) is 24.8 Å². The maximum Gasteiger partial charge on any atom is 0.410 e. The summed E-state index contributed by atoms with van der Waals surface area (Å²) in [5, 5.41) is 4.37. The molecule has 2 aliphatic heterocycles. The first-order valence-electron chi connectivity index (χ1n) is 15.8. The van der Waals surface area contributed by atoms with Crippen molar-refractivity contribution in [1.29, 1.82) is 0 Å². The Morgan fingerprint density at radius 3 is 1.87 bits per heavy atom. The van der Waals surface area contributed by atoms with Crippen molar-refractivity contribution >= 4 is 23.7 Å². The summed E-state index contributed by atoms with van der Waals surface area (Å²) in [6, 6.07) is 18.8. The van der Waals surface area contributed by atoms with Crippen LogP contribution in [0.2, 0.25) is 0 Å². The molecule has 3 aromatic rings. The molecular weight excluding hydrogens is 602 g/mol. The first-order chi connectivity index (χ1) is 22.2. The Bertz CT molecular complexity index is 1470. The second-order valence-corrected chi connectivity index (χ2v) is 13.5. The van der Waals surface area contributed by atoms with Gasteiger partial charge in [0.1, 0.15) is 29.5 Å². The van der Waals surface area contributed by atoms with Crippen molar-refractivity contribution in [3.8, 4) is 0 Å². The lowest BCUT2D eigenvalue weighted by molar-refractivity contribution is -0.0563. The van der Waals surface area contributed by atoms with Gasteiger partial charge in [-0.05, 0) is 47.1 Å². The molecule has 2 aliphatic rings. The Morgan fingerprint density at radius 2 is 1.34 bits per heavy atom. The lowest BCUT2D eigenvalue weighted by atomic mass is 10.00. The molecule has 0 spiro atoms. The second kappa shape index (κ2) is 15.4. The van der Waals surface area contributed by atoms with Crippen molar-refractivity contribution in [2.75, 3.05) is 45.1 Å². The molecule has 0 bridgehead atoms. The number of hydrogen-bond donors (Lipinski definition) is 1. The van der Waals surface area contributed by atoms with Crippen molar-refractivity contribution < 1.29 is 33.3 Å². The molecule has 47 heavy (non-hydrogen) atoms. The molecule has 1 unspecified atom stereocenters. The van der Waals surface area contributed by atoms with Gasteiger partial charge < -0.3 is 34.5 Å². The summed E-state index contributed by atoms with van der Waals surface area (Å²) in [5.41, 5.74) is 7.01. The summed E-state index contributed by atoms with van der Waals surface area (Å²) in [5.74, 6) is -0.108. The van der Waals surface area contributed by atoms with E-state index >= 15 is 0 Å².